The van der Waals surface area contributed by atoms with E-state index in [0.717, 1.165) is 0 Å². The van der Waals surface area contributed by atoms with E-state index in [1.807, 2.05) is 44.3 Å². The molecule has 0 aromatic heterocycles. The van der Waals surface area contributed by atoms with Gasteiger partial charge >= 0.3 is 0 Å². The SMILES string of the molecule is C/C=C/C=C/C(=O)N(C)Cc1cccc2ccccc12. The fraction of sp³-hybridized carbons (Fsp3) is 0.167. The molecule has 2 nitrogen and oxygen atoms in total. The van der Waals surface area contributed by atoms with Crippen molar-refractivity contribution in [3.05, 3.63) is 72.3 Å². The summed E-state index contributed by atoms with van der Waals surface area (Å²) in [6, 6.07) is 14.4. The van der Waals surface area contributed by atoms with Crippen LogP contribution in [0.3, 0.4) is 0 Å². The minimum Gasteiger partial charge on any atom is -0.338 e. The van der Waals surface area contributed by atoms with E-state index in [2.05, 4.69) is 24.3 Å². The van der Waals surface area contributed by atoms with Crippen LogP contribution in [0.5, 0.6) is 0 Å². The van der Waals surface area contributed by atoms with Crippen LogP contribution >= 0.6 is 0 Å². The van der Waals surface area contributed by atoms with Crippen LogP contribution in [0.1, 0.15) is 12.5 Å². The highest BCUT2D eigenvalue weighted by Crippen LogP contribution is 2.19. The molecule has 0 saturated carbocycles. The highest BCUT2D eigenvalue weighted by Gasteiger charge is 2.07. The predicted molar refractivity (Wildman–Crippen MR) is 84.4 cm³/mol. The molecular weight excluding hydrogens is 246 g/mol. The smallest absolute Gasteiger partial charge is 0.246 e. The molecule has 0 atom stereocenters. The van der Waals surface area contributed by atoms with E-state index < -0.39 is 0 Å². The van der Waals surface area contributed by atoms with Crippen molar-refractivity contribution in [1.82, 2.24) is 4.90 Å². The Morgan fingerprint density at radius 1 is 1.10 bits per heavy atom. The molecule has 2 aromatic carbocycles. The van der Waals surface area contributed by atoms with Crippen LogP contribution in [0.4, 0.5) is 0 Å². The summed E-state index contributed by atoms with van der Waals surface area (Å²) in [6.45, 7) is 2.54. The number of rotatable bonds is 4. The minimum absolute atomic E-state index is 0.0102. The lowest BCUT2D eigenvalue weighted by Gasteiger charge is -2.16. The lowest BCUT2D eigenvalue weighted by Crippen LogP contribution is -2.24. The molecule has 0 N–H and O–H groups in total. The first-order valence-electron chi connectivity index (χ1n) is 6.73. The predicted octanol–water partition coefficient (Wildman–Crippen LogP) is 3.93. The third kappa shape index (κ3) is 3.35. The monoisotopic (exact) mass is 265 g/mol. The second-order valence-corrected chi connectivity index (χ2v) is 4.72. The molecule has 0 aliphatic heterocycles. The van der Waals surface area contributed by atoms with Gasteiger partial charge in [-0.3, -0.25) is 4.79 Å². The highest BCUT2D eigenvalue weighted by molar-refractivity contribution is 5.89. The van der Waals surface area contributed by atoms with Crippen molar-refractivity contribution in [2.24, 2.45) is 0 Å². The summed E-state index contributed by atoms with van der Waals surface area (Å²) in [5.41, 5.74) is 1.17. The third-order valence-electron chi connectivity index (χ3n) is 3.21. The summed E-state index contributed by atoms with van der Waals surface area (Å²) in [5.74, 6) is 0.0102. The molecule has 0 heterocycles. The van der Waals surface area contributed by atoms with Gasteiger partial charge in [0.25, 0.3) is 0 Å². The molecular formula is C18H19NO. The number of amides is 1. The molecule has 0 aliphatic carbocycles. The van der Waals surface area contributed by atoms with Gasteiger partial charge in [-0.25, -0.2) is 0 Å². The number of hydrogen-bond donors (Lipinski definition) is 0. The number of likely N-dealkylation sites (N-methyl/N-ethyl adjacent to an activating group) is 1. The van der Waals surface area contributed by atoms with Crippen molar-refractivity contribution in [3.8, 4) is 0 Å². The second kappa shape index (κ2) is 6.71. The largest absolute Gasteiger partial charge is 0.338 e. The van der Waals surface area contributed by atoms with Gasteiger partial charge in [-0.2, -0.15) is 0 Å². The van der Waals surface area contributed by atoms with Gasteiger partial charge in [-0.1, -0.05) is 60.7 Å². The number of benzene rings is 2. The van der Waals surface area contributed by atoms with Gasteiger partial charge < -0.3 is 4.90 Å². The van der Waals surface area contributed by atoms with E-state index in [9.17, 15) is 4.79 Å². The molecule has 102 valence electrons. The molecule has 1 amide bonds. The highest BCUT2D eigenvalue weighted by atomic mass is 16.2. The van der Waals surface area contributed by atoms with Crippen LogP contribution in [0.2, 0.25) is 0 Å². The molecule has 0 aliphatic rings. The Labute approximate surface area is 120 Å². The van der Waals surface area contributed by atoms with Crippen LogP contribution in [0.15, 0.2) is 66.8 Å². The maximum atomic E-state index is 12.0. The van der Waals surface area contributed by atoms with Crippen molar-refractivity contribution in [1.29, 1.82) is 0 Å². The number of carbonyl (C=O) groups excluding carboxylic acids is 1. The lowest BCUT2D eigenvalue weighted by atomic mass is 10.0. The summed E-state index contributed by atoms with van der Waals surface area (Å²) >= 11 is 0. The summed E-state index contributed by atoms with van der Waals surface area (Å²) in [5, 5.41) is 2.40. The number of carbonyl (C=O) groups is 1. The minimum atomic E-state index is 0.0102. The number of nitrogens with zero attached hydrogens (tertiary/aromatic N) is 1. The van der Waals surface area contributed by atoms with E-state index >= 15 is 0 Å². The summed E-state index contributed by atoms with van der Waals surface area (Å²) in [4.78, 5) is 13.7. The van der Waals surface area contributed by atoms with E-state index in [0.29, 0.717) is 6.54 Å². The van der Waals surface area contributed by atoms with Gasteiger partial charge in [0.15, 0.2) is 0 Å². The maximum absolute atomic E-state index is 12.0. The molecule has 0 radical (unpaired) electrons. The van der Waals surface area contributed by atoms with Crippen molar-refractivity contribution in [2.75, 3.05) is 7.05 Å². The van der Waals surface area contributed by atoms with Crippen LogP contribution in [0.25, 0.3) is 10.8 Å². The Balaban J connectivity index is 2.17. The zero-order valence-corrected chi connectivity index (χ0v) is 11.9. The first-order valence-corrected chi connectivity index (χ1v) is 6.73. The molecule has 2 aromatic rings. The molecule has 2 rings (SSSR count). The molecule has 0 spiro atoms. The number of fused-ring (bicyclic) bond motifs is 1. The maximum Gasteiger partial charge on any atom is 0.246 e. The van der Waals surface area contributed by atoms with Crippen LogP contribution < -0.4 is 0 Å². The van der Waals surface area contributed by atoms with Gasteiger partial charge in [0.05, 0.1) is 0 Å². The normalized spacial score (nSPS) is 11.5. The van der Waals surface area contributed by atoms with Crippen molar-refractivity contribution in [2.45, 2.75) is 13.5 Å². The average Bonchev–Trinajstić information content (AvgIpc) is 2.47. The zero-order chi connectivity index (χ0) is 14.4. The van der Waals surface area contributed by atoms with E-state index in [1.54, 1.807) is 17.1 Å². The van der Waals surface area contributed by atoms with Gasteiger partial charge in [0.2, 0.25) is 5.91 Å². The summed E-state index contributed by atoms with van der Waals surface area (Å²) in [6.07, 6.45) is 7.10. The molecule has 20 heavy (non-hydrogen) atoms. The average molecular weight is 265 g/mol. The quantitative estimate of drug-likeness (QED) is 0.606. The third-order valence-corrected chi connectivity index (χ3v) is 3.21. The molecule has 0 unspecified atom stereocenters. The topological polar surface area (TPSA) is 20.3 Å². The van der Waals surface area contributed by atoms with Gasteiger partial charge in [0, 0.05) is 19.7 Å². The standard InChI is InChI=1S/C18H19NO/c1-3-4-5-13-18(20)19(2)14-16-11-8-10-15-9-6-7-12-17(15)16/h3-13H,14H2,1-2H3/b4-3+,13-5+. The Bertz CT molecular complexity index is 650. The fourth-order valence-electron chi connectivity index (χ4n) is 2.14. The van der Waals surface area contributed by atoms with Crippen molar-refractivity contribution in [3.63, 3.8) is 0 Å². The van der Waals surface area contributed by atoms with Gasteiger partial charge in [0.1, 0.15) is 0 Å². The van der Waals surface area contributed by atoms with Crippen LogP contribution in [0, 0.1) is 0 Å². The number of allylic oxidation sites excluding steroid dienone is 3. The first kappa shape index (κ1) is 14.1. The molecule has 0 saturated heterocycles. The molecule has 0 bridgehead atoms. The van der Waals surface area contributed by atoms with Crippen molar-refractivity contribution >= 4 is 16.7 Å². The Morgan fingerprint density at radius 2 is 1.85 bits per heavy atom. The van der Waals surface area contributed by atoms with E-state index in [1.165, 1.54) is 16.3 Å². The van der Waals surface area contributed by atoms with Gasteiger partial charge in [-0.15, -0.1) is 0 Å². The Kier molecular flexibility index (Phi) is 4.72. The lowest BCUT2D eigenvalue weighted by molar-refractivity contribution is -0.125. The summed E-state index contributed by atoms with van der Waals surface area (Å²) in [7, 11) is 1.82. The van der Waals surface area contributed by atoms with E-state index in [-0.39, 0.29) is 5.91 Å². The van der Waals surface area contributed by atoms with E-state index in [4.69, 9.17) is 0 Å². The second-order valence-electron chi connectivity index (χ2n) is 4.72. The number of hydrogen-bond acceptors (Lipinski definition) is 1. The first-order chi connectivity index (χ1) is 9.72. The Morgan fingerprint density at radius 3 is 2.65 bits per heavy atom. The summed E-state index contributed by atoms with van der Waals surface area (Å²) < 4.78 is 0. The fourth-order valence-corrected chi connectivity index (χ4v) is 2.14. The van der Waals surface area contributed by atoms with Crippen LogP contribution in [-0.4, -0.2) is 17.9 Å². The van der Waals surface area contributed by atoms with Crippen LogP contribution in [-0.2, 0) is 11.3 Å². The molecule has 0 fully saturated rings. The van der Waals surface area contributed by atoms with Crippen molar-refractivity contribution < 1.29 is 4.79 Å². The zero-order valence-electron chi connectivity index (χ0n) is 11.9. The van der Waals surface area contributed by atoms with Gasteiger partial charge in [-0.05, 0) is 23.3 Å². The molecule has 2 heteroatoms. The Hall–Kier alpha value is -2.35.